The minimum Gasteiger partial charge on any atom is -0.279 e. The van der Waals surface area contributed by atoms with Crippen molar-refractivity contribution in [3.05, 3.63) is 81.8 Å². The molecule has 5 nitrogen and oxygen atoms in total. The highest BCUT2D eigenvalue weighted by Gasteiger charge is 2.22. The van der Waals surface area contributed by atoms with Crippen molar-refractivity contribution < 1.29 is 16.8 Å². The molecule has 9 heteroatoms. The van der Waals surface area contributed by atoms with Crippen molar-refractivity contribution in [1.29, 1.82) is 0 Å². The number of anilines is 1. The number of halogens is 2. The van der Waals surface area contributed by atoms with Crippen LogP contribution in [0.15, 0.2) is 75.4 Å². The van der Waals surface area contributed by atoms with Gasteiger partial charge in [0.1, 0.15) is 0 Å². The monoisotopic (exact) mass is 469 g/mol. The standard InChI is InChI=1S/C20H17Cl2NO4S2/c1-13-6-9-20(14(2)10-13)23-29(26,27)17-5-3-4-15(11-17)28(24,25)16-7-8-18(21)19(22)12-16/h3-12,23H,1-2H3. The Bertz CT molecular complexity index is 1300. The molecule has 0 aliphatic heterocycles. The molecular weight excluding hydrogens is 453 g/mol. The first-order chi connectivity index (χ1) is 13.5. The van der Waals surface area contributed by atoms with E-state index in [1.165, 1.54) is 36.4 Å². The van der Waals surface area contributed by atoms with Gasteiger partial charge < -0.3 is 0 Å². The minimum absolute atomic E-state index is 0.0798. The van der Waals surface area contributed by atoms with Crippen LogP contribution in [0.3, 0.4) is 0 Å². The van der Waals surface area contributed by atoms with Gasteiger partial charge in [0.15, 0.2) is 0 Å². The molecule has 0 aromatic heterocycles. The summed E-state index contributed by atoms with van der Waals surface area (Å²) in [5.74, 6) is 0. The zero-order valence-electron chi connectivity index (χ0n) is 15.5. The van der Waals surface area contributed by atoms with Gasteiger partial charge in [0.2, 0.25) is 9.84 Å². The number of nitrogens with one attached hydrogen (secondary N) is 1. The van der Waals surface area contributed by atoms with Crippen LogP contribution in [0.5, 0.6) is 0 Å². The maximum absolute atomic E-state index is 12.9. The van der Waals surface area contributed by atoms with Crippen molar-refractivity contribution >= 4 is 48.7 Å². The van der Waals surface area contributed by atoms with Crippen molar-refractivity contribution in [1.82, 2.24) is 0 Å². The van der Waals surface area contributed by atoms with E-state index in [0.29, 0.717) is 5.69 Å². The van der Waals surface area contributed by atoms with E-state index in [1.807, 2.05) is 13.0 Å². The maximum atomic E-state index is 12.9. The summed E-state index contributed by atoms with van der Waals surface area (Å²) in [6.45, 7) is 3.69. The molecule has 3 aromatic carbocycles. The normalized spacial score (nSPS) is 12.0. The summed E-state index contributed by atoms with van der Waals surface area (Å²) in [4.78, 5) is -0.415. The van der Waals surface area contributed by atoms with Gasteiger partial charge in [0.25, 0.3) is 10.0 Å². The summed E-state index contributed by atoms with van der Waals surface area (Å²) in [7, 11) is -7.97. The number of rotatable bonds is 5. The van der Waals surface area contributed by atoms with Gasteiger partial charge in [0.05, 0.1) is 30.4 Å². The van der Waals surface area contributed by atoms with Crippen LogP contribution in [0.4, 0.5) is 5.69 Å². The summed E-state index contributed by atoms with van der Waals surface area (Å²) in [5.41, 5.74) is 2.18. The average molecular weight is 470 g/mol. The predicted octanol–water partition coefficient (Wildman–Crippen LogP) is 5.24. The highest BCUT2D eigenvalue weighted by molar-refractivity contribution is 7.93. The Morgan fingerprint density at radius 3 is 2.03 bits per heavy atom. The second kappa shape index (κ2) is 7.99. The van der Waals surface area contributed by atoms with Gasteiger partial charge in [-0.25, -0.2) is 16.8 Å². The van der Waals surface area contributed by atoms with Gasteiger partial charge in [-0.2, -0.15) is 0 Å². The SMILES string of the molecule is Cc1ccc(NS(=O)(=O)c2cccc(S(=O)(=O)c3ccc(Cl)c(Cl)c3)c2)c(C)c1. The van der Waals surface area contributed by atoms with Crippen molar-refractivity contribution in [2.24, 2.45) is 0 Å². The number of sulfonamides is 1. The molecule has 152 valence electrons. The summed E-state index contributed by atoms with van der Waals surface area (Å²) < 4.78 is 53.9. The molecule has 0 fully saturated rings. The summed E-state index contributed by atoms with van der Waals surface area (Å²) in [6, 6.07) is 14.4. The van der Waals surface area contributed by atoms with E-state index in [0.717, 1.165) is 17.2 Å². The largest absolute Gasteiger partial charge is 0.279 e. The first-order valence-corrected chi connectivity index (χ1v) is 12.1. The minimum atomic E-state index is -3.99. The average Bonchev–Trinajstić information content (AvgIpc) is 2.66. The highest BCUT2D eigenvalue weighted by Crippen LogP contribution is 2.29. The number of benzene rings is 3. The zero-order chi connectivity index (χ0) is 21.4. The second-order valence-corrected chi connectivity index (χ2v) is 10.9. The fourth-order valence-electron chi connectivity index (χ4n) is 2.72. The molecule has 0 saturated carbocycles. The summed E-state index contributed by atoms with van der Waals surface area (Å²) >= 11 is 11.8. The van der Waals surface area contributed by atoms with E-state index in [9.17, 15) is 16.8 Å². The van der Waals surface area contributed by atoms with Crippen molar-refractivity contribution in [3.63, 3.8) is 0 Å². The number of hydrogen-bond donors (Lipinski definition) is 1. The maximum Gasteiger partial charge on any atom is 0.261 e. The lowest BCUT2D eigenvalue weighted by atomic mass is 10.1. The van der Waals surface area contributed by atoms with Gasteiger partial charge >= 0.3 is 0 Å². The van der Waals surface area contributed by atoms with Gasteiger partial charge in [-0.05, 0) is 61.9 Å². The van der Waals surface area contributed by atoms with Crippen LogP contribution in [0.25, 0.3) is 0 Å². The fraction of sp³-hybridized carbons (Fsp3) is 0.100. The Balaban J connectivity index is 2.01. The van der Waals surface area contributed by atoms with Crippen LogP contribution < -0.4 is 4.72 Å². The van der Waals surface area contributed by atoms with E-state index >= 15 is 0 Å². The quantitative estimate of drug-likeness (QED) is 0.553. The number of hydrogen-bond acceptors (Lipinski definition) is 4. The Labute approximate surface area is 180 Å². The van der Waals surface area contributed by atoms with Crippen LogP contribution in [0.1, 0.15) is 11.1 Å². The van der Waals surface area contributed by atoms with Gasteiger partial charge in [-0.1, -0.05) is 47.0 Å². The van der Waals surface area contributed by atoms with Crippen LogP contribution >= 0.6 is 23.2 Å². The van der Waals surface area contributed by atoms with Gasteiger partial charge in [0, 0.05) is 0 Å². The van der Waals surface area contributed by atoms with Crippen molar-refractivity contribution in [2.45, 2.75) is 28.5 Å². The van der Waals surface area contributed by atoms with Crippen LogP contribution in [-0.4, -0.2) is 16.8 Å². The molecule has 1 N–H and O–H groups in total. The molecule has 0 amide bonds. The molecule has 29 heavy (non-hydrogen) atoms. The van der Waals surface area contributed by atoms with E-state index < -0.39 is 19.9 Å². The highest BCUT2D eigenvalue weighted by atomic mass is 35.5. The van der Waals surface area contributed by atoms with Gasteiger partial charge in [-0.3, -0.25) is 4.72 Å². The molecule has 0 aliphatic rings. The van der Waals surface area contributed by atoms with E-state index in [2.05, 4.69) is 4.72 Å². The third-order valence-electron chi connectivity index (χ3n) is 4.25. The van der Waals surface area contributed by atoms with Gasteiger partial charge in [-0.15, -0.1) is 0 Å². The predicted molar refractivity (Wildman–Crippen MR) is 115 cm³/mol. The van der Waals surface area contributed by atoms with Crippen molar-refractivity contribution in [2.75, 3.05) is 4.72 Å². The lowest BCUT2D eigenvalue weighted by Gasteiger charge is -2.12. The molecule has 0 unspecified atom stereocenters. The van der Waals surface area contributed by atoms with E-state index in [4.69, 9.17) is 23.2 Å². The first kappa shape index (κ1) is 21.6. The molecule has 3 rings (SSSR count). The third-order valence-corrected chi connectivity index (χ3v) is 8.10. The van der Waals surface area contributed by atoms with E-state index in [-0.39, 0.29) is 24.7 Å². The molecule has 0 saturated heterocycles. The van der Waals surface area contributed by atoms with Crippen LogP contribution in [0.2, 0.25) is 10.0 Å². The lowest BCUT2D eigenvalue weighted by molar-refractivity contribution is 0.595. The number of sulfone groups is 1. The molecule has 0 atom stereocenters. The Morgan fingerprint density at radius 1 is 0.724 bits per heavy atom. The van der Waals surface area contributed by atoms with Crippen LogP contribution in [-0.2, 0) is 19.9 Å². The van der Waals surface area contributed by atoms with Crippen molar-refractivity contribution in [3.8, 4) is 0 Å². The second-order valence-electron chi connectivity index (χ2n) is 6.48. The molecule has 0 spiro atoms. The lowest BCUT2D eigenvalue weighted by Crippen LogP contribution is -2.14. The Kier molecular flexibility index (Phi) is 5.96. The van der Waals surface area contributed by atoms with E-state index in [1.54, 1.807) is 19.1 Å². The smallest absolute Gasteiger partial charge is 0.261 e. The first-order valence-electron chi connectivity index (χ1n) is 8.41. The Hall–Kier alpha value is -2.06. The molecule has 3 aromatic rings. The molecule has 0 radical (unpaired) electrons. The molecule has 0 aliphatic carbocycles. The topological polar surface area (TPSA) is 80.3 Å². The summed E-state index contributed by atoms with van der Waals surface area (Å²) in [5, 5.41) is 0.313. The Morgan fingerprint density at radius 2 is 1.38 bits per heavy atom. The fourth-order valence-corrected chi connectivity index (χ4v) is 5.67. The molecule has 0 bridgehead atoms. The molecule has 0 heterocycles. The summed E-state index contributed by atoms with van der Waals surface area (Å²) in [6.07, 6.45) is 0. The van der Waals surface area contributed by atoms with Crippen LogP contribution in [0, 0.1) is 13.8 Å². The zero-order valence-corrected chi connectivity index (χ0v) is 18.6. The molecular formula is C20H17Cl2NO4S2. The number of aryl methyl sites for hydroxylation is 2. The third kappa shape index (κ3) is 4.59.